The number of rotatable bonds is 14. The Kier molecular flexibility index (Phi) is 10.5. The zero-order valence-corrected chi connectivity index (χ0v) is 20.9. The Hall–Kier alpha value is -2.32. The maximum atomic E-state index is 12.9. The minimum absolute atomic E-state index is 0.0326. The van der Waals surface area contributed by atoms with Crippen LogP contribution in [0.1, 0.15) is 62.2 Å². The van der Waals surface area contributed by atoms with Gasteiger partial charge >= 0.3 is 0 Å². The average Bonchev–Trinajstić information content (AvgIpc) is 3.67. The summed E-state index contributed by atoms with van der Waals surface area (Å²) in [5.41, 5.74) is 0.537. The quantitative estimate of drug-likeness (QED) is 0.402. The highest BCUT2D eigenvalue weighted by molar-refractivity contribution is 5.95. The Morgan fingerprint density at radius 2 is 1.94 bits per heavy atom. The van der Waals surface area contributed by atoms with E-state index >= 15 is 0 Å². The summed E-state index contributed by atoms with van der Waals surface area (Å²) in [4.78, 5) is 27.7. The van der Waals surface area contributed by atoms with E-state index in [0.717, 1.165) is 38.8 Å². The van der Waals surface area contributed by atoms with Crippen LogP contribution in [-0.2, 0) is 9.53 Å². The Bertz CT molecular complexity index is 791. The van der Waals surface area contributed by atoms with Gasteiger partial charge in [-0.05, 0) is 56.2 Å². The molecule has 2 aliphatic rings. The second-order valence-corrected chi connectivity index (χ2v) is 9.40. The van der Waals surface area contributed by atoms with Gasteiger partial charge in [-0.2, -0.15) is 0 Å². The summed E-state index contributed by atoms with van der Waals surface area (Å²) in [5.74, 6) is 1.98. The Balaban J connectivity index is 1.46. The highest BCUT2D eigenvalue weighted by atomic mass is 16.5. The van der Waals surface area contributed by atoms with Crippen molar-refractivity contribution in [1.82, 2.24) is 15.5 Å². The fourth-order valence-corrected chi connectivity index (χ4v) is 4.34. The molecule has 0 radical (unpaired) electrons. The fraction of sp³-hybridized carbons (Fsp3) is 0.692. The number of amides is 2. The maximum absolute atomic E-state index is 12.9. The fourth-order valence-electron chi connectivity index (χ4n) is 4.34. The molecule has 1 aromatic carbocycles. The minimum Gasteiger partial charge on any atom is -0.493 e. The monoisotopic (exact) mass is 475 g/mol. The van der Waals surface area contributed by atoms with Gasteiger partial charge in [0, 0.05) is 63.8 Å². The van der Waals surface area contributed by atoms with Crippen molar-refractivity contribution < 1.29 is 23.8 Å². The van der Waals surface area contributed by atoms with E-state index in [1.54, 1.807) is 32.4 Å². The van der Waals surface area contributed by atoms with Crippen molar-refractivity contribution in [2.45, 2.75) is 64.0 Å². The third-order valence-electron chi connectivity index (χ3n) is 6.47. The van der Waals surface area contributed by atoms with Crippen LogP contribution in [0, 0.1) is 5.92 Å². The number of benzene rings is 1. The van der Waals surface area contributed by atoms with Gasteiger partial charge in [0.15, 0.2) is 11.5 Å². The smallest absolute Gasteiger partial charge is 0.251 e. The van der Waals surface area contributed by atoms with Gasteiger partial charge in [-0.15, -0.1) is 0 Å². The van der Waals surface area contributed by atoms with Crippen LogP contribution in [0.2, 0.25) is 0 Å². The molecule has 34 heavy (non-hydrogen) atoms. The van der Waals surface area contributed by atoms with Crippen LogP contribution < -0.4 is 20.1 Å². The highest BCUT2D eigenvalue weighted by Gasteiger charge is 2.29. The van der Waals surface area contributed by atoms with E-state index in [1.807, 2.05) is 4.90 Å². The SMILES string of the molecule is CCCN(CC1CC1)C(=O)C[C@@H]1CCC(NC(=O)c2ccc(OC)c(OCCCOC)c2)CN1. The lowest BCUT2D eigenvalue weighted by Crippen LogP contribution is -2.51. The molecule has 0 spiro atoms. The summed E-state index contributed by atoms with van der Waals surface area (Å²) >= 11 is 0. The van der Waals surface area contributed by atoms with Crippen LogP contribution in [0.4, 0.5) is 0 Å². The number of methoxy groups -OCH3 is 2. The highest BCUT2D eigenvalue weighted by Crippen LogP contribution is 2.30. The lowest BCUT2D eigenvalue weighted by Gasteiger charge is -2.32. The predicted octanol–water partition coefficient (Wildman–Crippen LogP) is 3.00. The maximum Gasteiger partial charge on any atom is 0.251 e. The molecule has 1 saturated carbocycles. The molecule has 8 nitrogen and oxygen atoms in total. The molecule has 8 heteroatoms. The molecule has 1 heterocycles. The summed E-state index contributed by atoms with van der Waals surface area (Å²) in [5, 5.41) is 6.59. The normalized spacial score (nSPS) is 20.0. The van der Waals surface area contributed by atoms with Crippen LogP contribution >= 0.6 is 0 Å². The predicted molar refractivity (Wildman–Crippen MR) is 131 cm³/mol. The summed E-state index contributed by atoms with van der Waals surface area (Å²) in [7, 11) is 3.24. The molecule has 1 unspecified atom stereocenters. The van der Waals surface area contributed by atoms with E-state index in [-0.39, 0.29) is 23.9 Å². The number of nitrogens with zero attached hydrogens (tertiary/aromatic N) is 1. The van der Waals surface area contributed by atoms with Crippen molar-refractivity contribution in [1.29, 1.82) is 0 Å². The first-order valence-electron chi connectivity index (χ1n) is 12.7. The number of ether oxygens (including phenoxy) is 3. The third-order valence-corrected chi connectivity index (χ3v) is 6.47. The van der Waals surface area contributed by atoms with Gasteiger partial charge in [-0.25, -0.2) is 0 Å². The molecule has 1 aliphatic carbocycles. The number of carbonyl (C=O) groups is 2. The summed E-state index contributed by atoms with van der Waals surface area (Å²) in [6.07, 6.45) is 6.52. The summed E-state index contributed by atoms with van der Waals surface area (Å²) < 4.78 is 16.2. The van der Waals surface area contributed by atoms with E-state index in [0.29, 0.717) is 49.2 Å². The largest absolute Gasteiger partial charge is 0.493 e. The molecule has 2 N–H and O–H groups in total. The van der Waals surface area contributed by atoms with E-state index < -0.39 is 0 Å². The Morgan fingerprint density at radius 1 is 1.12 bits per heavy atom. The number of hydrogen-bond acceptors (Lipinski definition) is 6. The molecule has 1 aromatic rings. The molecular formula is C26H41N3O5. The van der Waals surface area contributed by atoms with Crippen molar-refractivity contribution in [2.24, 2.45) is 5.92 Å². The first-order valence-corrected chi connectivity index (χ1v) is 12.7. The van der Waals surface area contributed by atoms with Crippen molar-refractivity contribution >= 4 is 11.8 Å². The van der Waals surface area contributed by atoms with Crippen LogP contribution in [0.3, 0.4) is 0 Å². The molecule has 2 atom stereocenters. The summed E-state index contributed by atoms with van der Waals surface area (Å²) in [6, 6.07) is 5.43. The van der Waals surface area contributed by atoms with Gasteiger partial charge in [-0.3, -0.25) is 9.59 Å². The van der Waals surface area contributed by atoms with Crippen LogP contribution in [0.15, 0.2) is 18.2 Å². The Morgan fingerprint density at radius 3 is 2.59 bits per heavy atom. The van der Waals surface area contributed by atoms with Gasteiger partial charge in [0.05, 0.1) is 13.7 Å². The molecule has 190 valence electrons. The molecule has 2 amide bonds. The second-order valence-electron chi connectivity index (χ2n) is 9.40. The minimum atomic E-state index is -0.135. The van der Waals surface area contributed by atoms with E-state index in [9.17, 15) is 9.59 Å². The van der Waals surface area contributed by atoms with E-state index in [1.165, 1.54) is 12.8 Å². The number of nitrogens with one attached hydrogen (secondary N) is 2. The van der Waals surface area contributed by atoms with Gasteiger partial charge < -0.3 is 29.7 Å². The van der Waals surface area contributed by atoms with Crippen LogP contribution in [0.25, 0.3) is 0 Å². The number of carbonyl (C=O) groups excluding carboxylic acids is 2. The zero-order valence-electron chi connectivity index (χ0n) is 20.9. The van der Waals surface area contributed by atoms with Crippen molar-refractivity contribution in [2.75, 3.05) is 47.1 Å². The van der Waals surface area contributed by atoms with Gasteiger partial charge in [-0.1, -0.05) is 6.92 Å². The average molecular weight is 476 g/mol. The van der Waals surface area contributed by atoms with Crippen molar-refractivity contribution in [3.63, 3.8) is 0 Å². The first kappa shape index (κ1) is 26.3. The zero-order chi connectivity index (χ0) is 24.3. The van der Waals surface area contributed by atoms with Crippen LogP contribution in [0.5, 0.6) is 11.5 Å². The number of hydrogen-bond donors (Lipinski definition) is 2. The lowest BCUT2D eigenvalue weighted by atomic mass is 9.97. The summed E-state index contributed by atoms with van der Waals surface area (Å²) in [6.45, 7) is 5.65. The Labute approximate surface area is 203 Å². The van der Waals surface area contributed by atoms with Gasteiger partial charge in [0.1, 0.15) is 0 Å². The molecule has 1 saturated heterocycles. The lowest BCUT2D eigenvalue weighted by molar-refractivity contribution is -0.132. The van der Waals surface area contributed by atoms with Gasteiger partial charge in [0.2, 0.25) is 5.91 Å². The van der Waals surface area contributed by atoms with E-state index in [4.69, 9.17) is 14.2 Å². The topological polar surface area (TPSA) is 89.1 Å². The molecule has 1 aliphatic heterocycles. The number of piperidine rings is 1. The van der Waals surface area contributed by atoms with Crippen LogP contribution in [-0.4, -0.2) is 75.9 Å². The van der Waals surface area contributed by atoms with Crippen molar-refractivity contribution in [3.8, 4) is 11.5 Å². The van der Waals surface area contributed by atoms with E-state index in [2.05, 4.69) is 17.6 Å². The molecule has 3 rings (SSSR count). The third kappa shape index (κ3) is 8.17. The molecular weight excluding hydrogens is 434 g/mol. The molecule has 2 fully saturated rings. The van der Waals surface area contributed by atoms with Gasteiger partial charge in [0.25, 0.3) is 5.91 Å². The first-order chi connectivity index (χ1) is 16.5. The molecule has 0 aromatic heterocycles. The van der Waals surface area contributed by atoms with Crippen molar-refractivity contribution in [3.05, 3.63) is 23.8 Å². The second kappa shape index (κ2) is 13.5. The molecule has 0 bridgehead atoms. The standard InChI is InChI=1S/C26H41N3O5/c1-4-12-29(18-19-6-7-19)25(30)16-21-9-10-22(17-27-21)28-26(31)20-8-11-23(33-3)24(15-20)34-14-5-13-32-2/h8,11,15,19,21-22,27H,4-7,9-10,12-14,16-18H2,1-3H3,(H,28,31)/t21-,22?/m0/s1.